The molecule has 2 saturated heterocycles. The van der Waals surface area contributed by atoms with Crippen LogP contribution in [0.3, 0.4) is 0 Å². The lowest BCUT2D eigenvalue weighted by molar-refractivity contribution is -0.142. The first-order valence-electron chi connectivity index (χ1n) is 11.3. The Kier molecular flexibility index (Phi) is 6.45. The van der Waals surface area contributed by atoms with Gasteiger partial charge in [0.1, 0.15) is 12.1 Å². The number of carbonyl (C=O) groups is 4. The van der Waals surface area contributed by atoms with Crippen LogP contribution < -0.4 is 5.32 Å². The summed E-state index contributed by atoms with van der Waals surface area (Å²) < 4.78 is 0. The zero-order valence-electron chi connectivity index (χ0n) is 18.6. The Morgan fingerprint density at radius 1 is 1.03 bits per heavy atom. The molecule has 1 N–H and O–H groups in total. The van der Waals surface area contributed by atoms with E-state index in [-0.39, 0.29) is 24.9 Å². The van der Waals surface area contributed by atoms with Gasteiger partial charge in [-0.05, 0) is 18.4 Å². The number of nitrogens with one attached hydrogen (secondary N) is 1. The smallest absolute Gasteiger partial charge is 0.325 e. The first-order chi connectivity index (χ1) is 15.4. The van der Waals surface area contributed by atoms with Gasteiger partial charge in [-0.1, -0.05) is 43.2 Å². The fraction of sp³-hybridized carbons (Fsp3) is 0.565. The number of imide groups is 1. The molecule has 0 aromatic heterocycles. The highest BCUT2D eigenvalue weighted by molar-refractivity contribution is 6.09. The third-order valence-electron chi connectivity index (χ3n) is 6.77. The third-order valence-corrected chi connectivity index (χ3v) is 6.77. The predicted molar refractivity (Wildman–Crippen MR) is 117 cm³/mol. The minimum Gasteiger partial charge on any atom is -0.339 e. The van der Waals surface area contributed by atoms with Gasteiger partial charge in [-0.2, -0.15) is 0 Å². The lowest BCUT2D eigenvalue weighted by atomic mass is 9.98. The summed E-state index contributed by atoms with van der Waals surface area (Å²) in [7, 11) is 1.54. The number of hydrogen-bond acceptors (Lipinski definition) is 5. The lowest BCUT2D eigenvalue weighted by Gasteiger charge is -2.35. The van der Waals surface area contributed by atoms with Gasteiger partial charge in [-0.25, -0.2) is 4.79 Å². The molecule has 1 saturated carbocycles. The van der Waals surface area contributed by atoms with E-state index in [4.69, 9.17) is 0 Å². The predicted octanol–water partition coefficient (Wildman–Crippen LogP) is 0.654. The molecule has 1 spiro atoms. The van der Waals surface area contributed by atoms with Crippen molar-refractivity contribution in [3.05, 3.63) is 35.9 Å². The third kappa shape index (κ3) is 4.62. The van der Waals surface area contributed by atoms with Crippen molar-refractivity contribution in [1.29, 1.82) is 0 Å². The Labute approximate surface area is 188 Å². The molecular weight excluding hydrogens is 410 g/mol. The van der Waals surface area contributed by atoms with Crippen LogP contribution in [0.25, 0.3) is 0 Å². The monoisotopic (exact) mass is 441 g/mol. The molecule has 1 aliphatic carbocycles. The minimum absolute atomic E-state index is 0.0632. The van der Waals surface area contributed by atoms with Gasteiger partial charge in [-0.15, -0.1) is 0 Å². The maximum atomic E-state index is 12.7. The van der Waals surface area contributed by atoms with E-state index in [2.05, 4.69) is 22.3 Å². The van der Waals surface area contributed by atoms with Crippen LogP contribution in [0.1, 0.15) is 31.2 Å². The zero-order chi connectivity index (χ0) is 22.7. The van der Waals surface area contributed by atoms with Crippen molar-refractivity contribution in [3.63, 3.8) is 0 Å². The summed E-state index contributed by atoms with van der Waals surface area (Å²) >= 11 is 0. The molecular formula is C23H31N5O4. The molecule has 0 bridgehead atoms. The maximum absolute atomic E-state index is 12.7. The highest BCUT2D eigenvalue weighted by Crippen LogP contribution is 2.34. The molecule has 172 valence electrons. The first-order valence-corrected chi connectivity index (χ1v) is 11.3. The number of urea groups is 1. The van der Waals surface area contributed by atoms with Crippen molar-refractivity contribution in [2.75, 3.05) is 46.3 Å². The molecule has 1 aromatic carbocycles. The van der Waals surface area contributed by atoms with Gasteiger partial charge in [0.15, 0.2) is 0 Å². The van der Waals surface area contributed by atoms with Crippen LogP contribution in [0.5, 0.6) is 0 Å². The molecule has 4 rings (SSSR count). The molecule has 3 fully saturated rings. The standard InChI is InChI=1S/C23H31N5O4/c1-25(19(29)17-28-21(31)23(24-22(28)32)9-5-6-10-23)16-20(30)27-13-11-26(12-14-27)15-18-7-3-2-4-8-18/h2-4,7-8H,5-6,9-17H2,1H3,(H,24,32). The number of piperazine rings is 1. The van der Waals surface area contributed by atoms with Gasteiger partial charge in [0.05, 0.1) is 6.54 Å². The van der Waals surface area contributed by atoms with Crippen molar-refractivity contribution in [1.82, 2.24) is 24.9 Å². The zero-order valence-corrected chi connectivity index (χ0v) is 18.6. The first kappa shape index (κ1) is 22.3. The Morgan fingerprint density at radius 2 is 1.69 bits per heavy atom. The summed E-state index contributed by atoms with van der Waals surface area (Å²) in [6.45, 7) is 3.25. The number of hydrogen-bond donors (Lipinski definition) is 1. The van der Waals surface area contributed by atoms with Crippen molar-refractivity contribution < 1.29 is 19.2 Å². The van der Waals surface area contributed by atoms with Crippen molar-refractivity contribution in [2.45, 2.75) is 37.8 Å². The van der Waals surface area contributed by atoms with Crippen LogP contribution in [-0.4, -0.2) is 95.2 Å². The fourth-order valence-electron chi connectivity index (χ4n) is 4.78. The largest absolute Gasteiger partial charge is 0.339 e. The van der Waals surface area contributed by atoms with Gasteiger partial charge >= 0.3 is 6.03 Å². The van der Waals surface area contributed by atoms with Crippen LogP contribution in [-0.2, 0) is 20.9 Å². The second kappa shape index (κ2) is 9.28. The van der Waals surface area contributed by atoms with Crippen LogP contribution >= 0.6 is 0 Å². The van der Waals surface area contributed by atoms with E-state index in [0.29, 0.717) is 25.9 Å². The molecule has 0 unspecified atom stereocenters. The van der Waals surface area contributed by atoms with Crippen LogP contribution in [0, 0.1) is 0 Å². The van der Waals surface area contributed by atoms with E-state index in [1.807, 2.05) is 18.2 Å². The van der Waals surface area contributed by atoms with E-state index in [1.165, 1.54) is 17.5 Å². The van der Waals surface area contributed by atoms with Gasteiger partial charge in [0, 0.05) is 39.8 Å². The van der Waals surface area contributed by atoms with Crippen LogP contribution in [0.15, 0.2) is 30.3 Å². The van der Waals surface area contributed by atoms with Gasteiger partial charge < -0.3 is 15.1 Å². The van der Waals surface area contributed by atoms with E-state index < -0.39 is 17.5 Å². The van der Waals surface area contributed by atoms with Crippen LogP contribution in [0.2, 0.25) is 0 Å². The summed E-state index contributed by atoms with van der Waals surface area (Å²) in [4.78, 5) is 56.7. The van der Waals surface area contributed by atoms with Crippen molar-refractivity contribution in [2.24, 2.45) is 0 Å². The molecule has 0 atom stereocenters. The van der Waals surface area contributed by atoms with Crippen LogP contribution in [0.4, 0.5) is 4.79 Å². The molecule has 5 amide bonds. The highest BCUT2D eigenvalue weighted by atomic mass is 16.2. The fourth-order valence-corrected chi connectivity index (χ4v) is 4.78. The number of carbonyl (C=O) groups excluding carboxylic acids is 4. The van der Waals surface area contributed by atoms with Crippen molar-refractivity contribution >= 4 is 23.8 Å². The number of benzene rings is 1. The molecule has 2 aliphatic heterocycles. The van der Waals surface area contributed by atoms with Gasteiger partial charge in [0.25, 0.3) is 5.91 Å². The Balaban J connectivity index is 1.23. The Morgan fingerprint density at radius 3 is 2.34 bits per heavy atom. The highest BCUT2D eigenvalue weighted by Gasteiger charge is 2.52. The summed E-state index contributed by atoms with van der Waals surface area (Å²) in [5, 5.41) is 2.77. The summed E-state index contributed by atoms with van der Waals surface area (Å²) in [5.41, 5.74) is 0.419. The number of rotatable bonds is 6. The minimum atomic E-state index is -0.828. The molecule has 32 heavy (non-hydrogen) atoms. The normalized spacial score (nSPS) is 20.7. The molecule has 9 nitrogen and oxygen atoms in total. The number of likely N-dealkylation sites (N-methyl/N-ethyl adjacent to an activating group) is 1. The number of nitrogens with zero attached hydrogens (tertiary/aromatic N) is 4. The van der Waals surface area contributed by atoms with E-state index in [0.717, 1.165) is 37.4 Å². The average molecular weight is 442 g/mol. The van der Waals surface area contributed by atoms with E-state index in [9.17, 15) is 19.2 Å². The summed E-state index contributed by atoms with van der Waals surface area (Å²) in [5.74, 6) is -0.855. The molecule has 0 radical (unpaired) electrons. The van der Waals surface area contributed by atoms with Gasteiger partial charge in [-0.3, -0.25) is 24.2 Å². The second-order valence-corrected chi connectivity index (χ2v) is 9.00. The van der Waals surface area contributed by atoms with Crippen molar-refractivity contribution in [3.8, 4) is 0 Å². The second-order valence-electron chi connectivity index (χ2n) is 9.00. The van der Waals surface area contributed by atoms with E-state index in [1.54, 1.807) is 4.90 Å². The van der Waals surface area contributed by atoms with E-state index >= 15 is 0 Å². The topological polar surface area (TPSA) is 93.3 Å². The molecule has 3 aliphatic rings. The SMILES string of the molecule is CN(CC(=O)N1CCN(Cc2ccccc2)CC1)C(=O)CN1C(=O)NC2(CCCC2)C1=O. The maximum Gasteiger partial charge on any atom is 0.325 e. The summed E-state index contributed by atoms with van der Waals surface area (Å²) in [6, 6.07) is 9.72. The molecule has 2 heterocycles. The Hall–Kier alpha value is -2.94. The lowest BCUT2D eigenvalue weighted by Crippen LogP contribution is -2.52. The quantitative estimate of drug-likeness (QED) is 0.655. The Bertz CT molecular complexity index is 876. The van der Waals surface area contributed by atoms with Gasteiger partial charge in [0.2, 0.25) is 11.8 Å². The summed E-state index contributed by atoms with van der Waals surface area (Å²) in [6.07, 6.45) is 3.02. The molecule has 1 aromatic rings. The average Bonchev–Trinajstić information content (AvgIpc) is 3.35. The molecule has 9 heteroatoms. The number of amides is 5.